The number of morpholine rings is 1. The first-order valence-corrected chi connectivity index (χ1v) is 11.1. The Morgan fingerprint density at radius 3 is 2.55 bits per heavy atom. The molecule has 1 atom stereocenters. The molecule has 0 aliphatic carbocycles. The number of aromatic nitrogens is 1. The zero-order valence-corrected chi connectivity index (χ0v) is 18.7. The summed E-state index contributed by atoms with van der Waals surface area (Å²) in [4.78, 5) is 35.9. The molecule has 0 radical (unpaired) electrons. The van der Waals surface area contributed by atoms with Gasteiger partial charge in [0.05, 0.1) is 36.9 Å². The van der Waals surface area contributed by atoms with E-state index in [1.54, 1.807) is 35.1 Å². The molecule has 2 aliphatic rings. The number of pyridine rings is 1. The van der Waals surface area contributed by atoms with Gasteiger partial charge in [0.25, 0.3) is 5.91 Å². The lowest BCUT2D eigenvalue weighted by atomic mass is 10.0. The lowest BCUT2D eigenvalue weighted by molar-refractivity contribution is -0.117. The van der Waals surface area contributed by atoms with Crippen LogP contribution in [0.2, 0.25) is 0 Å². The van der Waals surface area contributed by atoms with Crippen LogP contribution in [0.4, 0.5) is 17.2 Å². The number of carbonyl (C=O) groups is 2. The van der Waals surface area contributed by atoms with Crippen molar-refractivity contribution in [2.45, 2.75) is 19.9 Å². The number of hydrogen-bond donors (Lipinski definition) is 0. The van der Waals surface area contributed by atoms with Gasteiger partial charge in [0, 0.05) is 32.8 Å². The van der Waals surface area contributed by atoms with Gasteiger partial charge in [-0.3, -0.25) is 9.59 Å². The summed E-state index contributed by atoms with van der Waals surface area (Å²) in [6.45, 7) is 6.86. The van der Waals surface area contributed by atoms with Crippen LogP contribution < -0.4 is 14.7 Å². The van der Waals surface area contributed by atoms with Crippen LogP contribution in [-0.4, -0.2) is 55.7 Å². The highest BCUT2D eigenvalue weighted by Gasteiger charge is 2.35. The Bertz CT molecular complexity index is 1170. The molecule has 0 spiro atoms. The molecule has 8 heteroatoms. The number of ether oxygens (including phenoxy) is 1. The van der Waals surface area contributed by atoms with Crippen LogP contribution in [0.3, 0.4) is 0 Å². The van der Waals surface area contributed by atoms with E-state index in [4.69, 9.17) is 9.15 Å². The minimum Gasteiger partial charge on any atom is -0.459 e. The first-order chi connectivity index (χ1) is 16.0. The van der Waals surface area contributed by atoms with E-state index in [2.05, 4.69) is 16.0 Å². The second kappa shape index (κ2) is 8.71. The van der Waals surface area contributed by atoms with Crippen LogP contribution >= 0.6 is 0 Å². The first kappa shape index (κ1) is 21.2. The predicted molar refractivity (Wildman–Crippen MR) is 126 cm³/mol. The van der Waals surface area contributed by atoms with Crippen LogP contribution in [0.1, 0.15) is 24.4 Å². The van der Waals surface area contributed by atoms with Gasteiger partial charge in [0.1, 0.15) is 5.82 Å². The number of carbonyl (C=O) groups excluding carboxylic acids is 2. The van der Waals surface area contributed by atoms with E-state index in [9.17, 15) is 9.59 Å². The molecule has 1 saturated heterocycles. The van der Waals surface area contributed by atoms with Crippen molar-refractivity contribution in [2.75, 3.05) is 47.5 Å². The summed E-state index contributed by atoms with van der Waals surface area (Å²) in [7, 11) is 0. The normalized spacial score (nSPS) is 18.2. The van der Waals surface area contributed by atoms with E-state index in [-0.39, 0.29) is 23.6 Å². The molecule has 3 aromatic rings. The molecule has 4 heterocycles. The fraction of sp³-hybridized carbons (Fsp3) is 0.320. The molecule has 1 unspecified atom stereocenters. The maximum absolute atomic E-state index is 13.3. The van der Waals surface area contributed by atoms with Crippen molar-refractivity contribution in [2.24, 2.45) is 0 Å². The quantitative estimate of drug-likeness (QED) is 0.612. The summed E-state index contributed by atoms with van der Waals surface area (Å²) >= 11 is 0. The molecule has 170 valence electrons. The van der Waals surface area contributed by atoms with Crippen molar-refractivity contribution in [1.29, 1.82) is 0 Å². The van der Waals surface area contributed by atoms with Crippen LogP contribution in [0, 0.1) is 0 Å². The number of benzene rings is 1. The summed E-state index contributed by atoms with van der Waals surface area (Å²) in [5.41, 5.74) is 3.34. The minimum absolute atomic E-state index is 0.0555. The molecule has 2 aromatic heterocycles. The fourth-order valence-corrected chi connectivity index (χ4v) is 4.57. The van der Waals surface area contributed by atoms with Gasteiger partial charge < -0.3 is 23.9 Å². The number of anilines is 3. The van der Waals surface area contributed by atoms with Crippen molar-refractivity contribution in [3.8, 4) is 11.1 Å². The van der Waals surface area contributed by atoms with Gasteiger partial charge >= 0.3 is 0 Å². The van der Waals surface area contributed by atoms with Crippen molar-refractivity contribution in [3.05, 3.63) is 60.7 Å². The third-order valence-corrected chi connectivity index (χ3v) is 6.14. The highest BCUT2D eigenvalue weighted by Crippen LogP contribution is 2.40. The largest absolute Gasteiger partial charge is 0.459 e. The van der Waals surface area contributed by atoms with E-state index in [0.29, 0.717) is 31.1 Å². The highest BCUT2D eigenvalue weighted by atomic mass is 16.5. The summed E-state index contributed by atoms with van der Waals surface area (Å²) in [5, 5.41) is 0. The van der Waals surface area contributed by atoms with Crippen molar-refractivity contribution in [3.63, 3.8) is 0 Å². The Hall–Kier alpha value is -3.65. The molecule has 0 N–H and O–H groups in total. The number of furan rings is 1. The summed E-state index contributed by atoms with van der Waals surface area (Å²) in [5.74, 6) is 0.890. The summed E-state index contributed by atoms with van der Waals surface area (Å²) < 4.78 is 10.8. The molecule has 0 saturated carbocycles. The van der Waals surface area contributed by atoms with Gasteiger partial charge in [-0.25, -0.2) is 4.98 Å². The smallest absolute Gasteiger partial charge is 0.294 e. The third kappa shape index (κ3) is 3.98. The SMILES string of the molecule is CC(=O)N1c2ccc(-c3ccnc(N4CCOCC4)c3)cc2N(C(=O)c2ccco2)CC1C. The standard InChI is InChI=1S/C25H26N4O4/c1-17-16-28(25(31)23-4-3-11-33-23)22-14-19(5-6-21(22)29(17)18(2)30)20-7-8-26-24(15-20)27-9-12-32-13-10-27/h3-8,11,14-15,17H,9-10,12-13,16H2,1-2H3. The van der Waals surface area contributed by atoms with E-state index >= 15 is 0 Å². The molecule has 2 amide bonds. The van der Waals surface area contributed by atoms with Crippen molar-refractivity contribution in [1.82, 2.24) is 4.98 Å². The lowest BCUT2D eigenvalue weighted by Crippen LogP contribution is -2.51. The molecule has 33 heavy (non-hydrogen) atoms. The van der Waals surface area contributed by atoms with Crippen LogP contribution in [0.5, 0.6) is 0 Å². The number of rotatable bonds is 3. The first-order valence-electron chi connectivity index (χ1n) is 11.1. The number of nitrogens with zero attached hydrogens (tertiary/aromatic N) is 4. The number of amides is 2. The number of hydrogen-bond acceptors (Lipinski definition) is 6. The highest BCUT2D eigenvalue weighted by molar-refractivity contribution is 6.10. The van der Waals surface area contributed by atoms with Crippen molar-refractivity contribution < 1.29 is 18.7 Å². The van der Waals surface area contributed by atoms with E-state index < -0.39 is 0 Å². The molecule has 2 aliphatic heterocycles. The van der Waals surface area contributed by atoms with E-state index in [1.165, 1.54) is 6.26 Å². The van der Waals surface area contributed by atoms with E-state index in [1.807, 2.05) is 31.2 Å². The maximum Gasteiger partial charge on any atom is 0.294 e. The van der Waals surface area contributed by atoms with Crippen LogP contribution in [0.25, 0.3) is 11.1 Å². The zero-order chi connectivity index (χ0) is 22.9. The van der Waals surface area contributed by atoms with Gasteiger partial charge in [0.2, 0.25) is 5.91 Å². The van der Waals surface area contributed by atoms with Gasteiger partial charge in [-0.2, -0.15) is 0 Å². The summed E-state index contributed by atoms with van der Waals surface area (Å²) in [6, 6.07) is 13.1. The molecule has 5 rings (SSSR count). The summed E-state index contributed by atoms with van der Waals surface area (Å²) in [6.07, 6.45) is 3.29. The Balaban J connectivity index is 1.56. The minimum atomic E-state index is -0.225. The Morgan fingerprint density at radius 2 is 1.82 bits per heavy atom. The molecule has 1 aromatic carbocycles. The Labute approximate surface area is 192 Å². The average Bonchev–Trinajstić information content (AvgIpc) is 3.38. The van der Waals surface area contributed by atoms with Gasteiger partial charge in [-0.1, -0.05) is 6.07 Å². The van der Waals surface area contributed by atoms with Crippen molar-refractivity contribution >= 4 is 29.0 Å². The Kier molecular flexibility index (Phi) is 5.60. The van der Waals surface area contributed by atoms with Gasteiger partial charge in [0.15, 0.2) is 5.76 Å². The maximum atomic E-state index is 13.3. The predicted octanol–water partition coefficient (Wildman–Crippen LogP) is 3.58. The molecule has 8 nitrogen and oxygen atoms in total. The van der Waals surface area contributed by atoms with E-state index in [0.717, 1.165) is 30.0 Å². The topological polar surface area (TPSA) is 79.1 Å². The second-order valence-corrected chi connectivity index (χ2v) is 8.34. The average molecular weight is 447 g/mol. The van der Waals surface area contributed by atoms with Gasteiger partial charge in [-0.15, -0.1) is 0 Å². The van der Waals surface area contributed by atoms with Gasteiger partial charge in [-0.05, 0) is 54.4 Å². The molecule has 0 bridgehead atoms. The second-order valence-electron chi connectivity index (χ2n) is 8.34. The monoisotopic (exact) mass is 446 g/mol. The molecule has 1 fully saturated rings. The van der Waals surface area contributed by atoms with Crippen LogP contribution in [-0.2, 0) is 9.53 Å². The third-order valence-electron chi connectivity index (χ3n) is 6.14. The lowest BCUT2D eigenvalue weighted by Gasteiger charge is -2.40. The molecular weight excluding hydrogens is 420 g/mol. The fourth-order valence-electron chi connectivity index (χ4n) is 4.57. The Morgan fingerprint density at radius 1 is 1.03 bits per heavy atom. The van der Waals surface area contributed by atoms with Crippen LogP contribution in [0.15, 0.2) is 59.3 Å². The zero-order valence-electron chi connectivity index (χ0n) is 18.7. The number of fused-ring (bicyclic) bond motifs is 1. The molecular formula is C25H26N4O4.